The number of ether oxygens (including phenoxy) is 1. The summed E-state index contributed by atoms with van der Waals surface area (Å²) in [5, 5.41) is 3.61. The number of Topliss-reactive ketones (excluding diaryl/α,β-unsaturated/α-hetero) is 1. The molecule has 2 aliphatic heterocycles. The van der Waals surface area contributed by atoms with Gasteiger partial charge in [0.15, 0.2) is 5.78 Å². The van der Waals surface area contributed by atoms with Gasteiger partial charge in [-0.25, -0.2) is 4.79 Å². The van der Waals surface area contributed by atoms with E-state index in [-0.39, 0.29) is 23.7 Å². The highest BCUT2D eigenvalue weighted by Gasteiger charge is 2.42. The Bertz CT molecular complexity index is 1570. The van der Waals surface area contributed by atoms with Crippen LogP contribution in [0.2, 0.25) is 0 Å². The molecule has 3 aromatic carbocycles. The zero-order valence-corrected chi connectivity index (χ0v) is 25.7. The second kappa shape index (κ2) is 12.3. The van der Waals surface area contributed by atoms with E-state index in [4.69, 9.17) is 4.74 Å². The summed E-state index contributed by atoms with van der Waals surface area (Å²) in [6, 6.07) is 25.1. The van der Waals surface area contributed by atoms with Crippen LogP contribution in [-0.2, 0) is 20.9 Å². The zero-order valence-electron chi connectivity index (χ0n) is 25.7. The number of allylic oxidation sites excluding steroid dienone is 1. The molecular formula is C36H40N4O4. The fourth-order valence-electron chi connectivity index (χ4n) is 6.74. The van der Waals surface area contributed by atoms with Crippen molar-refractivity contribution in [1.82, 2.24) is 9.80 Å². The number of hydrogen-bond acceptors (Lipinski definition) is 7. The van der Waals surface area contributed by atoms with Crippen LogP contribution in [0.5, 0.6) is 0 Å². The monoisotopic (exact) mass is 592 g/mol. The molecular weight excluding hydrogens is 552 g/mol. The Kier molecular flexibility index (Phi) is 8.27. The number of fused-ring (bicyclic) bond motifs is 1. The summed E-state index contributed by atoms with van der Waals surface area (Å²) in [6.45, 7) is 8.14. The summed E-state index contributed by atoms with van der Waals surface area (Å²) >= 11 is 0. The van der Waals surface area contributed by atoms with Crippen LogP contribution in [0.3, 0.4) is 0 Å². The first kappa shape index (κ1) is 29.6. The predicted octanol–water partition coefficient (Wildman–Crippen LogP) is 5.43. The van der Waals surface area contributed by atoms with Gasteiger partial charge in [-0.15, -0.1) is 0 Å². The van der Waals surface area contributed by atoms with Gasteiger partial charge >= 0.3 is 5.97 Å². The van der Waals surface area contributed by atoms with Crippen LogP contribution in [0.1, 0.15) is 54.2 Å². The minimum atomic E-state index is -0.500. The summed E-state index contributed by atoms with van der Waals surface area (Å²) in [6.07, 6.45) is 1.13. The highest BCUT2D eigenvalue weighted by atomic mass is 16.5. The smallest absolute Gasteiger partial charge is 0.337 e. The first-order chi connectivity index (χ1) is 21.2. The molecule has 3 aliphatic rings. The number of carbonyl (C=O) groups is 3. The van der Waals surface area contributed by atoms with E-state index in [2.05, 4.69) is 53.2 Å². The number of para-hydroxylation sites is 2. The number of ketones is 1. The van der Waals surface area contributed by atoms with Crippen LogP contribution in [0.4, 0.5) is 11.4 Å². The average molecular weight is 593 g/mol. The minimum absolute atomic E-state index is 0.0305. The number of nitrogens with one attached hydrogen (secondary N) is 1. The molecule has 1 amide bonds. The van der Waals surface area contributed by atoms with Gasteiger partial charge in [-0.2, -0.15) is 0 Å². The van der Waals surface area contributed by atoms with Crippen LogP contribution < -0.4 is 10.2 Å². The maximum Gasteiger partial charge on any atom is 0.337 e. The fraction of sp³-hybridized carbons (Fsp3) is 0.361. The number of nitrogens with zero attached hydrogens (tertiary/aromatic N) is 3. The van der Waals surface area contributed by atoms with E-state index in [0.717, 1.165) is 42.3 Å². The molecule has 0 radical (unpaired) electrons. The molecule has 2 heterocycles. The first-order valence-electron chi connectivity index (χ1n) is 15.3. The van der Waals surface area contributed by atoms with Gasteiger partial charge in [-0.1, -0.05) is 68.4 Å². The topological polar surface area (TPSA) is 82.2 Å². The van der Waals surface area contributed by atoms with E-state index in [0.29, 0.717) is 37.1 Å². The van der Waals surface area contributed by atoms with Crippen molar-refractivity contribution in [1.29, 1.82) is 0 Å². The Hall–Kier alpha value is -4.43. The maximum absolute atomic E-state index is 14.0. The third-order valence-corrected chi connectivity index (χ3v) is 8.93. The lowest BCUT2D eigenvalue weighted by Crippen LogP contribution is -2.51. The molecule has 228 valence electrons. The number of piperazine rings is 1. The largest absolute Gasteiger partial charge is 0.465 e. The van der Waals surface area contributed by atoms with Gasteiger partial charge < -0.3 is 19.9 Å². The number of methoxy groups -OCH3 is 1. The second-order valence-electron chi connectivity index (χ2n) is 12.8. The molecule has 1 saturated heterocycles. The number of rotatable bonds is 6. The predicted molar refractivity (Wildman–Crippen MR) is 171 cm³/mol. The third kappa shape index (κ3) is 6.13. The quantitative estimate of drug-likeness (QED) is 0.382. The Morgan fingerprint density at radius 3 is 2.27 bits per heavy atom. The Morgan fingerprint density at radius 1 is 0.886 bits per heavy atom. The molecule has 0 aromatic heterocycles. The fourth-order valence-corrected chi connectivity index (χ4v) is 6.74. The van der Waals surface area contributed by atoms with Crippen molar-refractivity contribution in [2.45, 2.75) is 39.3 Å². The van der Waals surface area contributed by atoms with Gasteiger partial charge in [0.1, 0.15) is 0 Å². The normalized spacial score (nSPS) is 19.9. The summed E-state index contributed by atoms with van der Waals surface area (Å²) in [5.74, 6) is -0.313. The molecule has 1 unspecified atom stereocenters. The van der Waals surface area contributed by atoms with E-state index >= 15 is 0 Å². The van der Waals surface area contributed by atoms with Crippen molar-refractivity contribution in [2.75, 3.05) is 50.1 Å². The number of benzene rings is 3. The summed E-state index contributed by atoms with van der Waals surface area (Å²) < 4.78 is 4.92. The van der Waals surface area contributed by atoms with E-state index < -0.39 is 12.0 Å². The van der Waals surface area contributed by atoms with Crippen molar-refractivity contribution in [3.8, 4) is 0 Å². The van der Waals surface area contributed by atoms with Gasteiger partial charge in [-0.3, -0.25) is 14.5 Å². The number of anilines is 2. The second-order valence-corrected chi connectivity index (χ2v) is 12.8. The van der Waals surface area contributed by atoms with Gasteiger partial charge in [-0.05, 0) is 47.2 Å². The molecule has 44 heavy (non-hydrogen) atoms. The van der Waals surface area contributed by atoms with Crippen molar-refractivity contribution < 1.29 is 19.1 Å². The molecule has 1 fully saturated rings. The van der Waals surface area contributed by atoms with Crippen LogP contribution >= 0.6 is 0 Å². The molecule has 6 rings (SSSR count). The average Bonchev–Trinajstić information content (AvgIpc) is 3.15. The van der Waals surface area contributed by atoms with Gasteiger partial charge in [0.2, 0.25) is 5.91 Å². The lowest BCUT2D eigenvalue weighted by Gasteiger charge is -2.40. The summed E-state index contributed by atoms with van der Waals surface area (Å²) in [4.78, 5) is 46.6. The van der Waals surface area contributed by atoms with Crippen LogP contribution in [-0.4, -0.2) is 67.3 Å². The number of amides is 1. The van der Waals surface area contributed by atoms with Crippen molar-refractivity contribution in [3.63, 3.8) is 0 Å². The number of esters is 1. The van der Waals surface area contributed by atoms with E-state index in [1.165, 1.54) is 12.7 Å². The minimum Gasteiger partial charge on any atom is -0.465 e. The van der Waals surface area contributed by atoms with Crippen LogP contribution in [0.25, 0.3) is 0 Å². The number of hydrogen-bond donors (Lipinski definition) is 1. The van der Waals surface area contributed by atoms with Crippen molar-refractivity contribution >= 4 is 29.0 Å². The molecule has 8 heteroatoms. The molecule has 8 nitrogen and oxygen atoms in total. The Labute approximate surface area is 259 Å². The Morgan fingerprint density at radius 2 is 1.57 bits per heavy atom. The summed E-state index contributed by atoms with van der Waals surface area (Å²) in [5.41, 5.74) is 5.68. The third-order valence-electron chi connectivity index (χ3n) is 8.93. The molecule has 1 atom stereocenters. The SMILES string of the molecule is COC(=O)c1ccc(C2C3=C(CC(C)(C)CC3=O)Nc3ccccc3N2CC(=O)N2CCN(Cc3ccccc3)CC2)cc1. The summed E-state index contributed by atoms with van der Waals surface area (Å²) in [7, 11) is 1.36. The van der Waals surface area contributed by atoms with E-state index in [1.54, 1.807) is 12.1 Å². The first-order valence-corrected chi connectivity index (χ1v) is 15.3. The lowest BCUT2D eigenvalue weighted by molar-refractivity contribution is -0.131. The maximum atomic E-state index is 14.0. The molecule has 0 saturated carbocycles. The van der Waals surface area contributed by atoms with Gasteiger partial charge in [0.25, 0.3) is 0 Å². The van der Waals surface area contributed by atoms with Crippen molar-refractivity contribution in [2.24, 2.45) is 5.41 Å². The number of carbonyl (C=O) groups excluding carboxylic acids is 3. The lowest BCUT2D eigenvalue weighted by atomic mass is 9.73. The zero-order chi connectivity index (χ0) is 30.8. The van der Waals surface area contributed by atoms with E-state index in [1.807, 2.05) is 47.4 Å². The van der Waals surface area contributed by atoms with Gasteiger partial charge in [0, 0.05) is 50.4 Å². The molecule has 3 aromatic rings. The molecule has 1 aliphatic carbocycles. The van der Waals surface area contributed by atoms with Crippen LogP contribution in [0.15, 0.2) is 90.1 Å². The van der Waals surface area contributed by atoms with Crippen molar-refractivity contribution in [3.05, 3.63) is 107 Å². The van der Waals surface area contributed by atoms with E-state index in [9.17, 15) is 14.4 Å². The standard InChI is InChI=1S/C36H40N4O4/c1-36(2)21-29-33(31(41)22-36)34(26-13-15-27(16-14-26)35(43)44-3)40(30-12-8-7-11-28(30)37-29)24-32(42)39-19-17-38(18-20-39)23-25-9-5-4-6-10-25/h4-16,34,37H,17-24H2,1-3H3. The Balaban J connectivity index is 1.33. The molecule has 0 bridgehead atoms. The molecule has 1 N–H and O–H groups in total. The highest BCUT2D eigenvalue weighted by molar-refractivity contribution is 6.02. The highest BCUT2D eigenvalue weighted by Crippen LogP contribution is 2.48. The van der Waals surface area contributed by atoms with Gasteiger partial charge in [0.05, 0.1) is 36.6 Å². The van der Waals surface area contributed by atoms with Crippen LogP contribution in [0, 0.1) is 5.41 Å². The molecule has 0 spiro atoms.